The highest BCUT2D eigenvalue weighted by Crippen LogP contribution is 2.74. The molecule has 2 fully saturated rings. The van der Waals surface area contributed by atoms with Crippen LogP contribution in [0.25, 0.3) is 0 Å². The number of halogens is 3. The maximum Gasteiger partial charge on any atom is 0.264 e. The first-order valence-electron chi connectivity index (χ1n) is 16.4. The minimum Gasteiger partial charge on any atom is -0.491 e. The molecule has 0 saturated heterocycles. The van der Waals surface area contributed by atoms with Gasteiger partial charge in [-0.1, -0.05) is 24.6 Å². The van der Waals surface area contributed by atoms with Crippen LogP contribution in [0.2, 0.25) is 5.02 Å². The molecule has 4 bridgehead atoms. The van der Waals surface area contributed by atoms with Gasteiger partial charge in [-0.25, -0.2) is 21.9 Å². The number of nitrogens with one attached hydrogen (secondary N) is 1. The fourth-order valence-corrected chi connectivity index (χ4v) is 10.3. The number of benzene rings is 2. The highest BCUT2D eigenvalue weighted by Gasteiger charge is 2.72. The van der Waals surface area contributed by atoms with E-state index in [0.717, 1.165) is 25.7 Å². The summed E-state index contributed by atoms with van der Waals surface area (Å²) in [5.41, 5.74) is 2.78. The zero-order valence-electron chi connectivity index (χ0n) is 26.5. The number of sulfonamides is 1. The number of carbonyl (C=O) groups excluding carboxylic acids is 1. The second kappa shape index (κ2) is 11.8. The van der Waals surface area contributed by atoms with Crippen LogP contribution in [0.15, 0.2) is 35.9 Å². The molecular formula is C35H41ClF2N2O5S. The highest BCUT2D eigenvalue weighted by molar-refractivity contribution is 7.90. The van der Waals surface area contributed by atoms with Crippen molar-refractivity contribution >= 4 is 33.2 Å². The lowest BCUT2D eigenvalue weighted by molar-refractivity contribution is -0.0110. The van der Waals surface area contributed by atoms with Gasteiger partial charge in [-0.05, 0) is 117 Å². The van der Waals surface area contributed by atoms with Crippen molar-refractivity contribution in [3.63, 3.8) is 0 Å². The molecule has 0 radical (unpaired) electrons. The Balaban J connectivity index is 1.37. The average Bonchev–Trinajstić information content (AvgIpc) is 3.34. The Kier molecular flexibility index (Phi) is 8.16. The summed E-state index contributed by atoms with van der Waals surface area (Å²) >= 11 is 6.04. The summed E-state index contributed by atoms with van der Waals surface area (Å²) in [6, 6.07) is 6.23. The van der Waals surface area contributed by atoms with Gasteiger partial charge >= 0.3 is 0 Å². The third-order valence-electron chi connectivity index (χ3n) is 11.7. The number of methoxy groups -OCH3 is 1. The van der Waals surface area contributed by atoms with Crippen LogP contribution in [0.4, 0.5) is 14.5 Å². The summed E-state index contributed by atoms with van der Waals surface area (Å²) in [7, 11) is -2.25. The van der Waals surface area contributed by atoms with E-state index in [1.165, 1.54) is 11.6 Å². The predicted molar refractivity (Wildman–Crippen MR) is 173 cm³/mol. The lowest BCUT2D eigenvalue weighted by Crippen LogP contribution is -2.46. The number of anilines is 1. The molecule has 2 saturated carbocycles. The minimum absolute atomic E-state index is 0.0523. The minimum atomic E-state index is -4.01. The third kappa shape index (κ3) is 5.23. The SMILES string of the molecule is CO[C@H]1C2=CC(CC2)[C@H](C)[C@@H](C)S(=O)(=O)NC(=O)c2ccc3c(c2)N(Cc2cc(F)c(Cl)c(F)c2CCCCO3)C[C@@H]2CC3CC321. The lowest BCUT2D eigenvalue weighted by atomic mass is 9.67. The van der Waals surface area contributed by atoms with Crippen LogP contribution in [0.5, 0.6) is 5.75 Å². The fourth-order valence-electron chi connectivity index (χ4n) is 8.82. The smallest absolute Gasteiger partial charge is 0.264 e. The van der Waals surface area contributed by atoms with Crippen molar-refractivity contribution in [3.8, 4) is 5.75 Å². The second-order valence-corrected chi connectivity index (χ2v) is 16.5. The summed E-state index contributed by atoms with van der Waals surface area (Å²) in [6.07, 6.45) is 7.48. The molecule has 1 spiro atoms. The van der Waals surface area contributed by atoms with E-state index in [0.29, 0.717) is 60.9 Å². The van der Waals surface area contributed by atoms with Crippen LogP contribution in [0, 0.1) is 40.7 Å². The predicted octanol–water partition coefficient (Wildman–Crippen LogP) is 6.82. The van der Waals surface area contributed by atoms with E-state index < -0.39 is 37.8 Å². The van der Waals surface area contributed by atoms with E-state index in [-0.39, 0.29) is 41.4 Å². The normalized spacial score (nSPS) is 33.6. The first-order valence-corrected chi connectivity index (χ1v) is 18.3. The quantitative estimate of drug-likeness (QED) is 0.264. The monoisotopic (exact) mass is 674 g/mol. The van der Waals surface area contributed by atoms with Crippen LogP contribution in [-0.2, 0) is 27.7 Å². The average molecular weight is 675 g/mol. The Labute approximate surface area is 274 Å². The number of carbonyl (C=O) groups is 1. The summed E-state index contributed by atoms with van der Waals surface area (Å²) in [5.74, 6) is -1.14. The van der Waals surface area contributed by atoms with Crippen LogP contribution in [0.3, 0.4) is 0 Å². The molecule has 1 N–H and O–H groups in total. The molecule has 2 heterocycles. The number of nitrogens with zero attached hydrogens (tertiary/aromatic N) is 1. The Morgan fingerprint density at radius 1 is 1.13 bits per heavy atom. The summed E-state index contributed by atoms with van der Waals surface area (Å²) in [6.45, 7) is 4.67. The van der Waals surface area contributed by atoms with Gasteiger partial charge in [-0.2, -0.15) is 0 Å². The standard InChI is InChI=1S/C35H41ClF2N2O5S/c1-19-20(2)46(42,43)39-34(41)23-9-10-30-29(14-23)40(17-24-13-28(37)31(36)32(38)27(24)6-4-5-11-45-30)18-26-15-25-16-35(25,26)33(44-3)22-8-7-21(19)12-22/h9-10,12-14,19-21,25-26,33H,4-8,11,15-18H2,1-3H3,(H,39,41)/t19-,20-,21?,25?,26+,33+,35?/m1/s1. The van der Waals surface area contributed by atoms with Crippen LogP contribution in [0.1, 0.15) is 73.9 Å². The number of hydrogen-bond acceptors (Lipinski definition) is 6. The molecule has 2 aromatic carbocycles. The van der Waals surface area contributed by atoms with Gasteiger partial charge in [-0.3, -0.25) is 4.79 Å². The maximum absolute atomic E-state index is 15.5. The van der Waals surface area contributed by atoms with Gasteiger partial charge in [0, 0.05) is 31.2 Å². The number of ether oxygens (including phenoxy) is 2. The van der Waals surface area contributed by atoms with Crippen molar-refractivity contribution in [2.45, 2.75) is 76.7 Å². The molecule has 7 rings (SSSR count). The Morgan fingerprint density at radius 2 is 1.93 bits per heavy atom. The van der Waals surface area contributed by atoms with Gasteiger partial charge in [0.05, 0.1) is 23.6 Å². The van der Waals surface area contributed by atoms with Crippen molar-refractivity contribution in [1.29, 1.82) is 0 Å². The molecule has 5 aliphatic rings. The largest absolute Gasteiger partial charge is 0.491 e. The van der Waals surface area contributed by atoms with E-state index in [1.807, 2.05) is 11.8 Å². The number of hydrogen-bond donors (Lipinski definition) is 1. The fraction of sp³-hybridized carbons (Fsp3) is 0.571. The van der Waals surface area contributed by atoms with Gasteiger partial charge < -0.3 is 14.4 Å². The van der Waals surface area contributed by atoms with Crippen LogP contribution < -0.4 is 14.4 Å². The van der Waals surface area contributed by atoms with E-state index in [1.54, 1.807) is 32.2 Å². The van der Waals surface area contributed by atoms with E-state index in [2.05, 4.69) is 10.8 Å². The number of rotatable bonds is 1. The van der Waals surface area contributed by atoms with E-state index in [9.17, 15) is 17.6 Å². The maximum atomic E-state index is 15.5. The third-order valence-corrected chi connectivity index (χ3v) is 13.9. The van der Waals surface area contributed by atoms with E-state index >= 15 is 4.39 Å². The van der Waals surface area contributed by atoms with Crippen molar-refractivity contribution in [3.05, 3.63) is 69.3 Å². The first-order chi connectivity index (χ1) is 21.9. The van der Waals surface area contributed by atoms with Crippen molar-refractivity contribution in [2.24, 2.45) is 29.1 Å². The Bertz CT molecular complexity index is 1720. The summed E-state index contributed by atoms with van der Waals surface area (Å²) < 4.78 is 72.3. The summed E-state index contributed by atoms with van der Waals surface area (Å²) in [4.78, 5) is 15.6. The zero-order valence-corrected chi connectivity index (χ0v) is 28.0. The topological polar surface area (TPSA) is 84.9 Å². The van der Waals surface area contributed by atoms with Crippen LogP contribution in [-0.4, -0.2) is 45.9 Å². The van der Waals surface area contributed by atoms with Crippen molar-refractivity contribution in [1.82, 2.24) is 4.72 Å². The molecular weight excluding hydrogens is 634 g/mol. The van der Waals surface area contributed by atoms with Gasteiger partial charge in [0.15, 0.2) is 0 Å². The molecule has 7 atom stereocenters. The highest BCUT2D eigenvalue weighted by atomic mass is 35.5. The van der Waals surface area contributed by atoms with Crippen LogP contribution >= 0.6 is 11.6 Å². The van der Waals surface area contributed by atoms with Crippen molar-refractivity contribution < 1.29 is 31.5 Å². The zero-order chi connectivity index (χ0) is 32.5. The number of fused-ring (bicyclic) bond motifs is 3. The molecule has 3 unspecified atom stereocenters. The number of allylic oxidation sites excluding steroid dienone is 1. The van der Waals surface area contributed by atoms with E-state index in [4.69, 9.17) is 21.1 Å². The second-order valence-electron chi connectivity index (χ2n) is 14.0. The molecule has 46 heavy (non-hydrogen) atoms. The number of amides is 1. The molecule has 1 amide bonds. The van der Waals surface area contributed by atoms with Gasteiger partial charge in [0.1, 0.15) is 22.4 Å². The first kappa shape index (κ1) is 31.9. The molecule has 248 valence electrons. The van der Waals surface area contributed by atoms with Gasteiger partial charge in [0.2, 0.25) is 10.0 Å². The van der Waals surface area contributed by atoms with Gasteiger partial charge in [0.25, 0.3) is 5.91 Å². The lowest BCUT2D eigenvalue weighted by Gasteiger charge is -2.45. The molecule has 7 nitrogen and oxygen atoms in total. The molecule has 2 aliphatic heterocycles. The Hall–Kier alpha value is -2.69. The van der Waals surface area contributed by atoms with Crippen molar-refractivity contribution in [2.75, 3.05) is 25.2 Å². The molecule has 2 aromatic rings. The molecule has 3 aliphatic carbocycles. The molecule has 0 aromatic heterocycles. The summed E-state index contributed by atoms with van der Waals surface area (Å²) in [5, 5.41) is -1.31. The molecule has 11 heteroatoms. The van der Waals surface area contributed by atoms with Gasteiger partial charge in [-0.15, -0.1) is 0 Å². The Morgan fingerprint density at radius 3 is 2.67 bits per heavy atom.